The van der Waals surface area contributed by atoms with Gasteiger partial charge in [0.15, 0.2) is 0 Å². The minimum Gasteiger partial charge on any atom is -0.274 e. The molecule has 0 spiro atoms. The molecule has 1 N–H and O–H groups in total. The first-order valence-electron chi connectivity index (χ1n) is 6.28. The Bertz CT molecular complexity index is 705. The maximum atomic E-state index is 12.2. The first-order valence-corrected chi connectivity index (χ1v) is 9.21. The van der Waals surface area contributed by atoms with Gasteiger partial charge in [0.05, 0.1) is 9.79 Å². The Morgan fingerprint density at radius 3 is 1.81 bits per heavy atom. The van der Waals surface area contributed by atoms with Crippen LogP contribution in [0.1, 0.15) is 20.8 Å². The number of amides is 1. The first-order chi connectivity index (χ1) is 9.65. The number of carbonyl (C=O) groups is 1. The summed E-state index contributed by atoms with van der Waals surface area (Å²) in [4.78, 5) is 10.7. The molecule has 0 aliphatic rings. The molecule has 1 aromatic rings. The second-order valence-corrected chi connectivity index (χ2v) is 7.84. The van der Waals surface area contributed by atoms with Crippen LogP contribution in [0.4, 0.5) is 0 Å². The van der Waals surface area contributed by atoms with E-state index in [9.17, 15) is 21.6 Å². The quantitative estimate of drug-likeness (QED) is 0.818. The number of rotatable bonds is 6. The van der Waals surface area contributed by atoms with Gasteiger partial charge in [-0.1, -0.05) is 13.8 Å². The zero-order chi connectivity index (χ0) is 16.3. The molecule has 0 aliphatic heterocycles. The fraction of sp³-hybridized carbons (Fsp3) is 0.417. The number of nitrogens with one attached hydrogen (secondary N) is 1. The van der Waals surface area contributed by atoms with Gasteiger partial charge in [-0.3, -0.25) is 4.79 Å². The van der Waals surface area contributed by atoms with Crippen molar-refractivity contribution in [1.82, 2.24) is 9.03 Å². The van der Waals surface area contributed by atoms with Crippen LogP contribution < -0.4 is 4.72 Å². The Balaban J connectivity index is 3.17. The number of nitrogens with zero attached hydrogens (tertiary/aromatic N) is 1. The summed E-state index contributed by atoms with van der Waals surface area (Å²) in [6.45, 7) is 5.17. The SMILES string of the molecule is CCN(CC)S(=O)(=O)c1ccc(S(=O)(=O)NC(C)=O)cc1. The lowest BCUT2D eigenvalue weighted by Crippen LogP contribution is -2.31. The average molecular weight is 334 g/mol. The summed E-state index contributed by atoms with van der Waals surface area (Å²) in [7, 11) is -7.60. The second-order valence-electron chi connectivity index (χ2n) is 4.22. The van der Waals surface area contributed by atoms with Crippen molar-refractivity contribution < 1.29 is 21.6 Å². The average Bonchev–Trinajstić information content (AvgIpc) is 2.38. The van der Waals surface area contributed by atoms with Crippen LogP contribution in [-0.4, -0.2) is 40.1 Å². The third-order valence-electron chi connectivity index (χ3n) is 2.76. The van der Waals surface area contributed by atoms with Crippen LogP contribution in [0.5, 0.6) is 0 Å². The smallest absolute Gasteiger partial charge is 0.264 e. The third kappa shape index (κ3) is 4.02. The highest BCUT2D eigenvalue weighted by Gasteiger charge is 2.22. The van der Waals surface area contributed by atoms with Crippen LogP contribution in [0.25, 0.3) is 0 Å². The molecule has 0 saturated carbocycles. The van der Waals surface area contributed by atoms with Gasteiger partial charge < -0.3 is 0 Å². The zero-order valence-corrected chi connectivity index (χ0v) is 13.7. The molecule has 0 unspecified atom stereocenters. The van der Waals surface area contributed by atoms with Crippen molar-refractivity contribution in [2.75, 3.05) is 13.1 Å². The normalized spacial score (nSPS) is 12.4. The van der Waals surface area contributed by atoms with Crippen molar-refractivity contribution in [3.63, 3.8) is 0 Å². The molecule has 21 heavy (non-hydrogen) atoms. The summed E-state index contributed by atoms with van der Waals surface area (Å²) in [5.74, 6) is -0.713. The maximum Gasteiger partial charge on any atom is 0.264 e. The largest absolute Gasteiger partial charge is 0.274 e. The summed E-state index contributed by atoms with van der Waals surface area (Å²) < 4.78 is 51.1. The van der Waals surface area contributed by atoms with Crippen molar-refractivity contribution in [2.45, 2.75) is 30.6 Å². The Hall–Kier alpha value is -1.45. The highest BCUT2D eigenvalue weighted by Crippen LogP contribution is 2.18. The standard InChI is InChI=1S/C12H18N2O5S2/c1-4-14(5-2)21(18,19)12-8-6-11(7-9-12)20(16,17)13-10(3)15/h6-9H,4-5H2,1-3H3,(H,13,15). The van der Waals surface area contributed by atoms with Crippen molar-refractivity contribution in [3.8, 4) is 0 Å². The van der Waals surface area contributed by atoms with Gasteiger partial charge in [0.2, 0.25) is 15.9 Å². The van der Waals surface area contributed by atoms with Crippen LogP contribution in [0.15, 0.2) is 34.1 Å². The van der Waals surface area contributed by atoms with Crippen LogP contribution in [0.2, 0.25) is 0 Å². The van der Waals surface area contributed by atoms with E-state index in [1.165, 1.54) is 16.4 Å². The lowest BCUT2D eigenvalue weighted by Gasteiger charge is -2.18. The van der Waals surface area contributed by atoms with E-state index < -0.39 is 26.0 Å². The molecule has 1 amide bonds. The van der Waals surface area contributed by atoms with Gasteiger partial charge in [-0.05, 0) is 24.3 Å². The number of hydrogen-bond acceptors (Lipinski definition) is 5. The van der Waals surface area contributed by atoms with E-state index in [1.807, 2.05) is 4.72 Å². The predicted octanol–water partition coefficient (Wildman–Crippen LogP) is 0.542. The Kier molecular flexibility index (Phi) is 5.48. The lowest BCUT2D eigenvalue weighted by atomic mass is 10.4. The van der Waals surface area contributed by atoms with E-state index in [0.717, 1.165) is 19.1 Å². The highest BCUT2D eigenvalue weighted by atomic mass is 32.2. The number of sulfonamides is 2. The third-order valence-corrected chi connectivity index (χ3v) is 6.27. The fourth-order valence-corrected chi connectivity index (χ4v) is 4.20. The fourth-order valence-electron chi connectivity index (χ4n) is 1.75. The molecule has 0 aromatic heterocycles. The van der Waals surface area contributed by atoms with E-state index in [-0.39, 0.29) is 9.79 Å². The monoisotopic (exact) mass is 334 g/mol. The molecule has 0 heterocycles. The molecule has 0 bridgehead atoms. The number of hydrogen-bond donors (Lipinski definition) is 1. The minimum atomic E-state index is -3.96. The van der Waals surface area contributed by atoms with Crippen LogP contribution >= 0.6 is 0 Å². The molecule has 0 atom stereocenters. The van der Waals surface area contributed by atoms with Gasteiger partial charge in [-0.25, -0.2) is 21.6 Å². The van der Waals surface area contributed by atoms with E-state index >= 15 is 0 Å². The molecule has 1 rings (SSSR count). The highest BCUT2D eigenvalue weighted by molar-refractivity contribution is 7.90. The van der Waals surface area contributed by atoms with Gasteiger partial charge in [-0.2, -0.15) is 4.31 Å². The summed E-state index contributed by atoms with van der Waals surface area (Å²) in [5.41, 5.74) is 0. The molecule has 118 valence electrons. The van der Waals surface area contributed by atoms with Crippen LogP contribution in [-0.2, 0) is 24.8 Å². The topological polar surface area (TPSA) is 101 Å². The van der Waals surface area contributed by atoms with Gasteiger partial charge in [0, 0.05) is 20.0 Å². The Labute approximate surface area is 125 Å². The minimum absolute atomic E-state index is 0.00738. The van der Waals surface area contributed by atoms with Gasteiger partial charge >= 0.3 is 0 Å². The van der Waals surface area contributed by atoms with Gasteiger partial charge in [0.25, 0.3) is 10.0 Å². The first kappa shape index (κ1) is 17.6. The van der Waals surface area contributed by atoms with E-state index in [4.69, 9.17) is 0 Å². The Morgan fingerprint density at radius 1 is 1.00 bits per heavy atom. The molecule has 7 nitrogen and oxygen atoms in total. The second kappa shape index (κ2) is 6.54. The van der Waals surface area contributed by atoms with E-state index in [2.05, 4.69) is 0 Å². The Morgan fingerprint density at radius 2 is 1.43 bits per heavy atom. The van der Waals surface area contributed by atoms with Gasteiger partial charge in [0.1, 0.15) is 0 Å². The molecular weight excluding hydrogens is 316 g/mol. The maximum absolute atomic E-state index is 12.2. The molecule has 0 aliphatic carbocycles. The van der Waals surface area contributed by atoms with Crippen LogP contribution in [0, 0.1) is 0 Å². The van der Waals surface area contributed by atoms with Crippen molar-refractivity contribution in [3.05, 3.63) is 24.3 Å². The lowest BCUT2D eigenvalue weighted by molar-refractivity contribution is -0.117. The molecule has 0 radical (unpaired) electrons. The van der Waals surface area contributed by atoms with Crippen LogP contribution in [0.3, 0.4) is 0 Å². The van der Waals surface area contributed by atoms with E-state index in [0.29, 0.717) is 13.1 Å². The summed E-state index contributed by atoms with van der Waals surface area (Å²) in [5, 5.41) is 0. The number of carbonyl (C=O) groups excluding carboxylic acids is 1. The molecule has 0 saturated heterocycles. The summed E-state index contributed by atoms with van der Waals surface area (Å²) >= 11 is 0. The van der Waals surface area contributed by atoms with Crippen molar-refractivity contribution in [2.24, 2.45) is 0 Å². The summed E-state index contributed by atoms with van der Waals surface area (Å²) in [6.07, 6.45) is 0. The van der Waals surface area contributed by atoms with Crippen molar-refractivity contribution in [1.29, 1.82) is 0 Å². The zero-order valence-electron chi connectivity index (χ0n) is 12.0. The van der Waals surface area contributed by atoms with Gasteiger partial charge in [-0.15, -0.1) is 0 Å². The molecular formula is C12H18N2O5S2. The predicted molar refractivity (Wildman–Crippen MR) is 77.6 cm³/mol. The molecule has 0 fully saturated rings. The summed E-state index contributed by atoms with van der Waals surface area (Å²) in [6, 6.07) is 4.73. The molecule has 1 aromatic carbocycles. The number of benzene rings is 1. The van der Waals surface area contributed by atoms with E-state index in [1.54, 1.807) is 13.8 Å². The molecule has 9 heteroatoms. The van der Waals surface area contributed by atoms with Crippen molar-refractivity contribution >= 4 is 26.0 Å².